The number of rotatable bonds is 4. The molecule has 2 N–H and O–H groups in total. The highest BCUT2D eigenvalue weighted by molar-refractivity contribution is 5.94. The van der Waals surface area contributed by atoms with Crippen LogP contribution in [-0.2, 0) is 4.79 Å². The fraction of sp³-hybridized carbons (Fsp3) is 0.588. The number of hydrogen-bond donors (Lipinski definition) is 2. The van der Waals surface area contributed by atoms with E-state index in [0.29, 0.717) is 6.04 Å². The highest BCUT2D eigenvalue weighted by Crippen LogP contribution is 2.31. The largest absolute Gasteiger partial charge is 0.382 e. The van der Waals surface area contributed by atoms with Crippen molar-refractivity contribution in [3.05, 3.63) is 24.3 Å². The molecule has 3 nitrogen and oxygen atoms in total. The van der Waals surface area contributed by atoms with E-state index in [2.05, 4.69) is 29.7 Å². The topological polar surface area (TPSA) is 41.1 Å². The van der Waals surface area contributed by atoms with Crippen molar-refractivity contribution >= 4 is 17.3 Å². The number of carbonyl (C=O) groups excluding carboxylic acids is 1. The van der Waals surface area contributed by atoms with Crippen LogP contribution in [0.15, 0.2) is 24.3 Å². The van der Waals surface area contributed by atoms with Gasteiger partial charge in [0, 0.05) is 23.3 Å². The molecule has 2 aliphatic rings. The number of anilines is 2. The summed E-state index contributed by atoms with van der Waals surface area (Å²) >= 11 is 0. The molecule has 2 saturated carbocycles. The van der Waals surface area contributed by atoms with Crippen molar-refractivity contribution in [3.63, 3.8) is 0 Å². The fourth-order valence-corrected chi connectivity index (χ4v) is 2.92. The molecule has 1 aromatic rings. The van der Waals surface area contributed by atoms with E-state index in [9.17, 15) is 4.79 Å². The molecule has 2 aliphatic carbocycles. The van der Waals surface area contributed by atoms with Crippen LogP contribution in [-0.4, -0.2) is 11.9 Å². The van der Waals surface area contributed by atoms with Crippen molar-refractivity contribution < 1.29 is 4.79 Å². The second kappa shape index (κ2) is 5.86. The Labute approximate surface area is 121 Å². The Hall–Kier alpha value is -1.51. The van der Waals surface area contributed by atoms with Gasteiger partial charge < -0.3 is 10.6 Å². The average Bonchev–Trinajstić information content (AvgIpc) is 3.26. The predicted octanol–water partition coefficient (Wildman–Crippen LogP) is 4.03. The summed E-state index contributed by atoms with van der Waals surface area (Å²) in [4.78, 5) is 11.8. The molecule has 0 atom stereocenters. The maximum Gasteiger partial charge on any atom is 0.227 e. The van der Waals surface area contributed by atoms with Gasteiger partial charge in [0.05, 0.1) is 0 Å². The van der Waals surface area contributed by atoms with Crippen molar-refractivity contribution in [2.45, 2.75) is 51.5 Å². The van der Waals surface area contributed by atoms with E-state index in [-0.39, 0.29) is 11.8 Å². The van der Waals surface area contributed by atoms with E-state index >= 15 is 0 Å². The van der Waals surface area contributed by atoms with Crippen LogP contribution in [0.25, 0.3) is 0 Å². The summed E-state index contributed by atoms with van der Waals surface area (Å²) in [7, 11) is 0. The molecule has 0 saturated heterocycles. The standard InChI is InChI=1S/C17H24N2O/c1-12-5-9-14(10-6-12)18-15-3-2-4-16(11-15)19-17(20)13-7-8-13/h2-4,11-14,18H,5-10H2,1H3,(H,19,20). The molecule has 1 aromatic carbocycles. The van der Waals surface area contributed by atoms with Gasteiger partial charge in [0.25, 0.3) is 0 Å². The molecular formula is C17H24N2O. The van der Waals surface area contributed by atoms with Crippen LogP contribution >= 0.6 is 0 Å². The molecule has 3 heteroatoms. The minimum Gasteiger partial charge on any atom is -0.382 e. The summed E-state index contributed by atoms with van der Waals surface area (Å²) in [6.07, 6.45) is 7.22. The highest BCUT2D eigenvalue weighted by Gasteiger charge is 2.29. The molecule has 0 aliphatic heterocycles. The van der Waals surface area contributed by atoms with E-state index < -0.39 is 0 Å². The van der Waals surface area contributed by atoms with Crippen LogP contribution in [0.1, 0.15) is 45.4 Å². The van der Waals surface area contributed by atoms with Gasteiger partial charge in [-0.1, -0.05) is 13.0 Å². The smallest absolute Gasteiger partial charge is 0.227 e. The first-order valence-corrected chi connectivity index (χ1v) is 7.88. The third-order valence-electron chi connectivity index (χ3n) is 4.46. The minimum absolute atomic E-state index is 0.175. The van der Waals surface area contributed by atoms with Crippen LogP contribution < -0.4 is 10.6 Å². The second-order valence-electron chi connectivity index (χ2n) is 6.45. The van der Waals surface area contributed by atoms with E-state index in [1.807, 2.05) is 12.1 Å². The molecule has 108 valence electrons. The Morgan fingerprint density at radius 1 is 1.05 bits per heavy atom. The van der Waals surface area contributed by atoms with E-state index in [4.69, 9.17) is 0 Å². The number of carbonyl (C=O) groups is 1. The average molecular weight is 272 g/mol. The van der Waals surface area contributed by atoms with Crippen molar-refractivity contribution in [2.24, 2.45) is 11.8 Å². The molecule has 0 bridgehead atoms. The lowest BCUT2D eigenvalue weighted by atomic mass is 9.87. The van der Waals surface area contributed by atoms with Crippen molar-refractivity contribution in [1.29, 1.82) is 0 Å². The fourth-order valence-electron chi connectivity index (χ4n) is 2.92. The lowest BCUT2D eigenvalue weighted by molar-refractivity contribution is -0.117. The van der Waals surface area contributed by atoms with Gasteiger partial charge in [-0.05, 0) is 62.6 Å². The van der Waals surface area contributed by atoms with Gasteiger partial charge in [0.2, 0.25) is 5.91 Å². The molecule has 3 rings (SSSR count). The van der Waals surface area contributed by atoms with Gasteiger partial charge in [0.15, 0.2) is 0 Å². The molecule has 0 aromatic heterocycles. The molecule has 0 heterocycles. The van der Waals surface area contributed by atoms with Gasteiger partial charge in [-0.2, -0.15) is 0 Å². The quantitative estimate of drug-likeness (QED) is 0.869. The zero-order valence-electron chi connectivity index (χ0n) is 12.2. The Morgan fingerprint density at radius 2 is 1.75 bits per heavy atom. The summed E-state index contributed by atoms with van der Waals surface area (Å²) in [6.45, 7) is 2.34. The van der Waals surface area contributed by atoms with Gasteiger partial charge >= 0.3 is 0 Å². The monoisotopic (exact) mass is 272 g/mol. The van der Waals surface area contributed by atoms with Gasteiger partial charge in [-0.25, -0.2) is 0 Å². The predicted molar refractivity (Wildman–Crippen MR) is 82.8 cm³/mol. The molecule has 0 unspecified atom stereocenters. The summed E-state index contributed by atoms with van der Waals surface area (Å²) in [5.74, 6) is 1.30. The van der Waals surface area contributed by atoms with Crippen LogP contribution in [0.5, 0.6) is 0 Å². The zero-order chi connectivity index (χ0) is 13.9. The maximum atomic E-state index is 11.8. The van der Waals surface area contributed by atoms with Crippen LogP contribution in [0, 0.1) is 11.8 Å². The maximum absolute atomic E-state index is 11.8. The summed E-state index contributed by atoms with van der Waals surface area (Å²) in [6, 6.07) is 8.70. The van der Waals surface area contributed by atoms with Crippen molar-refractivity contribution in [2.75, 3.05) is 10.6 Å². The van der Waals surface area contributed by atoms with E-state index in [1.165, 1.54) is 25.7 Å². The number of nitrogens with one attached hydrogen (secondary N) is 2. The molecule has 2 fully saturated rings. The Kier molecular flexibility index (Phi) is 3.95. The summed E-state index contributed by atoms with van der Waals surface area (Å²) in [5, 5.41) is 6.62. The van der Waals surface area contributed by atoms with Crippen molar-refractivity contribution in [1.82, 2.24) is 0 Å². The van der Waals surface area contributed by atoms with Crippen LogP contribution in [0.3, 0.4) is 0 Å². The molecular weight excluding hydrogens is 248 g/mol. The first-order valence-electron chi connectivity index (χ1n) is 7.88. The first-order chi connectivity index (χ1) is 9.70. The lowest BCUT2D eigenvalue weighted by Crippen LogP contribution is -2.25. The molecule has 1 amide bonds. The molecule has 0 spiro atoms. The number of amides is 1. The number of benzene rings is 1. The zero-order valence-corrected chi connectivity index (χ0v) is 12.2. The third-order valence-corrected chi connectivity index (χ3v) is 4.46. The van der Waals surface area contributed by atoms with Crippen LogP contribution in [0.2, 0.25) is 0 Å². The Balaban J connectivity index is 1.57. The van der Waals surface area contributed by atoms with Gasteiger partial charge in [0.1, 0.15) is 0 Å². The Morgan fingerprint density at radius 3 is 2.45 bits per heavy atom. The lowest BCUT2D eigenvalue weighted by Gasteiger charge is -2.27. The van der Waals surface area contributed by atoms with Crippen LogP contribution in [0.4, 0.5) is 11.4 Å². The summed E-state index contributed by atoms with van der Waals surface area (Å²) < 4.78 is 0. The molecule has 20 heavy (non-hydrogen) atoms. The second-order valence-corrected chi connectivity index (χ2v) is 6.45. The minimum atomic E-state index is 0.175. The van der Waals surface area contributed by atoms with E-state index in [1.54, 1.807) is 0 Å². The Bertz CT molecular complexity index is 474. The summed E-state index contributed by atoms with van der Waals surface area (Å²) in [5.41, 5.74) is 2.04. The van der Waals surface area contributed by atoms with Gasteiger partial charge in [-0.15, -0.1) is 0 Å². The van der Waals surface area contributed by atoms with Gasteiger partial charge in [-0.3, -0.25) is 4.79 Å². The third kappa shape index (κ3) is 3.53. The van der Waals surface area contributed by atoms with E-state index in [0.717, 1.165) is 30.1 Å². The first kappa shape index (κ1) is 13.5. The molecule has 0 radical (unpaired) electrons. The van der Waals surface area contributed by atoms with Crippen molar-refractivity contribution in [3.8, 4) is 0 Å². The number of hydrogen-bond acceptors (Lipinski definition) is 2. The SMILES string of the molecule is CC1CCC(Nc2cccc(NC(=O)C3CC3)c2)CC1. The normalized spacial score (nSPS) is 26.1. The highest BCUT2D eigenvalue weighted by atomic mass is 16.2.